The molecule has 1 unspecified atom stereocenters. The third-order valence-corrected chi connectivity index (χ3v) is 4.29. The first-order valence-corrected chi connectivity index (χ1v) is 8.29. The van der Waals surface area contributed by atoms with Gasteiger partial charge in [-0.15, -0.1) is 0 Å². The van der Waals surface area contributed by atoms with E-state index in [1.54, 1.807) is 13.3 Å². The fourth-order valence-electron chi connectivity index (χ4n) is 2.13. The number of aliphatic imine (C=N–C) groups is 2. The van der Waals surface area contributed by atoms with Crippen LogP contribution in [-0.4, -0.2) is 43.1 Å². The molecular formula is C17H21N3O2S. The second-order valence-corrected chi connectivity index (χ2v) is 6.30. The Morgan fingerprint density at radius 1 is 1.39 bits per heavy atom. The van der Waals surface area contributed by atoms with Crippen LogP contribution >= 0.6 is 11.8 Å². The van der Waals surface area contributed by atoms with Crippen molar-refractivity contribution in [3.63, 3.8) is 0 Å². The Morgan fingerprint density at radius 2 is 2.09 bits per heavy atom. The Labute approximate surface area is 141 Å². The number of allylic oxidation sites excluding steroid dienone is 1. The molecule has 0 aliphatic carbocycles. The zero-order valence-corrected chi connectivity index (χ0v) is 14.6. The maximum atomic E-state index is 12.4. The summed E-state index contributed by atoms with van der Waals surface area (Å²) in [5.74, 6) is -0.314. The van der Waals surface area contributed by atoms with Gasteiger partial charge in [0.15, 0.2) is 5.17 Å². The van der Waals surface area contributed by atoms with Crippen LogP contribution in [0.1, 0.15) is 24.7 Å². The minimum Gasteiger partial charge on any atom is -0.463 e. The Bertz CT molecular complexity index is 651. The van der Waals surface area contributed by atoms with E-state index in [0.29, 0.717) is 23.0 Å². The number of carbonyl (C=O) groups excluding carboxylic acids is 1. The van der Waals surface area contributed by atoms with Crippen molar-refractivity contribution in [2.45, 2.75) is 19.1 Å². The highest BCUT2D eigenvalue weighted by Crippen LogP contribution is 2.42. The second-order valence-electron chi connectivity index (χ2n) is 5.23. The van der Waals surface area contributed by atoms with Gasteiger partial charge in [0.2, 0.25) is 0 Å². The smallest absolute Gasteiger partial charge is 0.337 e. The lowest BCUT2D eigenvalue weighted by molar-refractivity contribution is -0.138. The summed E-state index contributed by atoms with van der Waals surface area (Å²) in [5.41, 5.74) is 2.28. The third-order valence-electron chi connectivity index (χ3n) is 3.14. The van der Waals surface area contributed by atoms with E-state index in [-0.39, 0.29) is 11.2 Å². The van der Waals surface area contributed by atoms with Gasteiger partial charge in [0.25, 0.3) is 0 Å². The maximum Gasteiger partial charge on any atom is 0.337 e. The molecule has 0 saturated carbocycles. The topological polar surface area (TPSA) is 54.3 Å². The summed E-state index contributed by atoms with van der Waals surface area (Å²) in [6.45, 7) is 3.97. The number of ether oxygens (including phenoxy) is 1. The van der Waals surface area contributed by atoms with Crippen molar-refractivity contribution in [1.82, 2.24) is 4.90 Å². The number of benzene rings is 1. The molecule has 0 amide bonds. The van der Waals surface area contributed by atoms with Gasteiger partial charge in [-0.3, -0.25) is 0 Å². The van der Waals surface area contributed by atoms with Crippen molar-refractivity contribution in [3.8, 4) is 0 Å². The minimum absolute atomic E-state index is 0.165. The van der Waals surface area contributed by atoms with Gasteiger partial charge in [0.05, 0.1) is 29.5 Å². The van der Waals surface area contributed by atoms with Crippen molar-refractivity contribution in [1.29, 1.82) is 0 Å². The van der Waals surface area contributed by atoms with Crippen LogP contribution in [0, 0.1) is 0 Å². The van der Waals surface area contributed by atoms with Gasteiger partial charge in [-0.2, -0.15) is 0 Å². The molecule has 122 valence electrons. The Morgan fingerprint density at radius 3 is 2.70 bits per heavy atom. The summed E-state index contributed by atoms with van der Waals surface area (Å²) in [6, 6.07) is 9.88. The normalized spacial score (nSPS) is 18.1. The average molecular weight is 331 g/mol. The van der Waals surface area contributed by atoms with Gasteiger partial charge in [-0.25, -0.2) is 14.8 Å². The molecule has 1 aromatic carbocycles. The van der Waals surface area contributed by atoms with E-state index >= 15 is 0 Å². The predicted octanol–water partition coefficient (Wildman–Crippen LogP) is 3.26. The number of amidine groups is 1. The van der Waals surface area contributed by atoms with Crippen molar-refractivity contribution < 1.29 is 9.53 Å². The molecule has 1 aliphatic rings. The van der Waals surface area contributed by atoms with Gasteiger partial charge in [0, 0.05) is 14.1 Å². The molecule has 0 bridgehead atoms. The Kier molecular flexibility index (Phi) is 5.98. The Hall–Kier alpha value is -2.08. The lowest BCUT2D eigenvalue weighted by Crippen LogP contribution is -2.19. The highest BCUT2D eigenvalue weighted by Gasteiger charge is 2.31. The van der Waals surface area contributed by atoms with Crippen LogP contribution < -0.4 is 0 Å². The molecule has 0 aromatic heterocycles. The van der Waals surface area contributed by atoms with E-state index in [4.69, 9.17) is 4.74 Å². The van der Waals surface area contributed by atoms with Crippen LogP contribution in [-0.2, 0) is 9.53 Å². The molecule has 0 spiro atoms. The average Bonchev–Trinajstić information content (AvgIpc) is 2.53. The van der Waals surface area contributed by atoms with E-state index in [1.165, 1.54) is 11.8 Å². The first-order valence-electron chi connectivity index (χ1n) is 7.41. The first-order chi connectivity index (χ1) is 11.0. The number of esters is 1. The lowest BCUT2D eigenvalue weighted by Gasteiger charge is -2.24. The standard InChI is InChI=1S/C17H21N3O2S/c1-5-22-16(21)14-12(2)19-17(18-11-20(3)4)23-15(14)13-9-7-6-8-10-13/h6-11,15H,5H2,1-4H3. The zero-order chi connectivity index (χ0) is 16.8. The SMILES string of the molecule is CCOC(=O)C1=C(C)N=C(N=CN(C)C)SC1c1ccccc1. The summed E-state index contributed by atoms with van der Waals surface area (Å²) in [4.78, 5) is 23.0. The summed E-state index contributed by atoms with van der Waals surface area (Å²) < 4.78 is 5.21. The molecular weight excluding hydrogens is 310 g/mol. The fraction of sp³-hybridized carbons (Fsp3) is 0.353. The van der Waals surface area contributed by atoms with Crippen LogP contribution in [0.25, 0.3) is 0 Å². The largest absolute Gasteiger partial charge is 0.463 e. The number of carbonyl (C=O) groups is 1. The molecule has 0 saturated heterocycles. The highest BCUT2D eigenvalue weighted by atomic mass is 32.2. The van der Waals surface area contributed by atoms with Crippen LogP contribution in [0.5, 0.6) is 0 Å². The maximum absolute atomic E-state index is 12.4. The zero-order valence-electron chi connectivity index (χ0n) is 13.8. The number of hydrogen-bond acceptors (Lipinski definition) is 5. The number of hydrogen-bond donors (Lipinski definition) is 0. The van der Waals surface area contributed by atoms with Gasteiger partial charge >= 0.3 is 5.97 Å². The van der Waals surface area contributed by atoms with Gasteiger partial charge in [-0.1, -0.05) is 42.1 Å². The first kappa shape index (κ1) is 17.3. The number of thioether (sulfide) groups is 1. The van der Waals surface area contributed by atoms with E-state index in [0.717, 1.165) is 5.56 Å². The number of rotatable bonds is 4. The van der Waals surface area contributed by atoms with Crippen molar-refractivity contribution in [2.24, 2.45) is 9.98 Å². The molecule has 5 nitrogen and oxygen atoms in total. The van der Waals surface area contributed by atoms with E-state index in [2.05, 4.69) is 9.98 Å². The van der Waals surface area contributed by atoms with E-state index < -0.39 is 0 Å². The van der Waals surface area contributed by atoms with E-state index in [1.807, 2.05) is 56.3 Å². The Balaban J connectivity index is 2.42. The van der Waals surface area contributed by atoms with Crippen LogP contribution in [0.15, 0.2) is 51.6 Å². The molecule has 0 N–H and O–H groups in total. The highest BCUT2D eigenvalue weighted by molar-refractivity contribution is 8.14. The van der Waals surface area contributed by atoms with Crippen LogP contribution in [0.3, 0.4) is 0 Å². The van der Waals surface area contributed by atoms with Gasteiger partial charge in [0.1, 0.15) is 0 Å². The predicted molar refractivity (Wildman–Crippen MR) is 95.7 cm³/mol. The summed E-state index contributed by atoms with van der Waals surface area (Å²) in [7, 11) is 3.80. The third kappa shape index (κ3) is 4.45. The monoisotopic (exact) mass is 331 g/mol. The van der Waals surface area contributed by atoms with Crippen LogP contribution in [0.2, 0.25) is 0 Å². The van der Waals surface area contributed by atoms with E-state index in [9.17, 15) is 4.79 Å². The van der Waals surface area contributed by atoms with Gasteiger partial charge < -0.3 is 9.64 Å². The van der Waals surface area contributed by atoms with Crippen LogP contribution in [0.4, 0.5) is 0 Å². The summed E-state index contributed by atoms with van der Waals surface area (Å²) in [5, 5.41) is 0.472. The molecule has 1 atom stereocenters. The second kappa shape index (κ2) is 7.97. The van der Waals surface area contributed by atoms with Crippen molar-refractivity contribution in [3.05, 3.63) is 47.2 Å². The fourth-order valence-corrected chi connectivity index (χ4v) is 3.32. The lowest BCUT2D eigenvalue weighted by atomic mass is 10.0. The quantitative estimate of drug-likeness (QED) is 0.483. The molecule has 6 heteroatoms. The summed E-state index contributed by atoms with van der Waals surface area (Å²) >= 11 is 1.46. The van der Waals surface area contributed by atoms with Crippen molar-refractivity contribution in [2.75, 3.05) is 20.7 Å². The number of nitrogens with zero attached hydrogens (tertiary/aromatic N) is 3. The molecule has 23 heavy (non-hydrogen) atoms. The molecule has 1 aromatic rings. The molecule has 2 rings (SSSR count). The molecule has 1 aliphatic heterocycles. The molecule has 0 radical (unpaired) electrons. The summed E-state index contributed by atoms with van der Waals surface area (Å²) in [6.07, 6.45) is 1.70. The van der Waals surface area contributed by atoms with Crippen molar-refractivity contribution >= 4 is 29.2 Å². The minimum atomic E-state index is -0.314. The van der Waals surface area contributed by atoms with Gasteiger partial charge in [-0.05, 0) is 19.4 Å². The molecule has 1 heterocycles. The molecule has 0 fully saturated rings.